The fourth-order valence-electron chi connectivity index (χ4n) is 2.99. The molecule has 1 amide bonds. The van der Waals surface area contributed by atoms with Crippen LogP contribution in [0.1, 0.15) is 37.5 Å². The number of ether oxygens (including phenoxy) is 1. The average molecular weight is 314 g/mol. The Labute approximate surface area is 135 Å². The largest absolute Gasteiger partial charge is 0.384 e. The summed E-state index contributed by atoms with van der Waals surface area (Å²) < 4.78 is 5.02. The van der Waals surface area contributed by atoms with Gasteiger partial charge in [-0.3, -0.25) is 9.89 Å². The van der Waals surface area contributed by atoms with E-state index in [1.165, 1.54) is 0 Å². The summed E-state index contributed by atoms with van der Waals surface area (Å²) in [5, 5.41) is 7.35. The lowest BCUT2D eigenvalue weighted by atomic mass is 10.0. The van der Waals surface area contributed by atoms with E-state index in [2.05, 4.69) is 15.2 Å². The number of carbonyl (C=O) groups excluding carboxylic acids is 1. The Hall–Kier alpha value is -2.21. The van der Waals surface area contributed by atoms with Gasteiger partial charge in [0.05, 0.1) is 19.1 Å². The molecule has 1 unspecified atom stereocenters. The molecule has 1 aromatic heterocycles. The minimum Gasteiger partial charge on any atom is -0.384 e. The topological polar surface area (TPSA) is 71.1 Å². The van der Waals surface area contributed by atoms with E-state index < -0.39 is 0 Å². The lowest BCUT2D eigenvalue weighted by molar-refractivity contribution is -0.136. The molecule has 0 radical (unpaired) electrons. The summed E-state index contributed by atoms with van der Waals surface area (Å²) in [5.41, 5.74) is 0.975. The van der Waals surface area contributed by atoms with Gasteiger partial charge in [0, 0.05) is 19.2 Å². The number of aromatic amines is 1. The number of rotatable bonds is 5. The number of methoxy groups -OCH3 is 1. The predicted molar refractivity (Wildman–Crippen MR) is 86.6 cm³/mol. The monoisotopic (exact) mass is 314 g/mol. The van der Waals surface area contributed by atoms with Crippen LogP contribution in [-0.2, 0) is 9.53 Å². The van der Waals surface area contributed by atoms with Gasteiger partial charge in [-0.05, 0) is 19.3 Å². The Balaban J connectivity index is 1.78. The first-order chi connectivity index (χ1) is 11.3. The number of carbonyl (C=O) groups is 1. The molecule has 2 aromatic rings. The van der Waals surface area contributed by atoms with Gasteiger partial charge >= 0.3 is 0 Å². The van der Waals surface area contributed by atoms with Crippen molar-refractivity contribution >= 4 is 5.91 Å². The normalized spacial score (nSPS) is 18.1. The zero-order chi connectivity index (χ0) is 16.1. The lowest BCUT2D eigenvalue weighted by Crippen LogP contribution is -2.39. The van der Waals surface area contributed by atoms with Crippen LogP contribution in [0.15, 0.2) is 30.3 Å². The van der Waals surface area contributed by atoms with Crippen LogP contribution in [0.25, 0.3) is 11.4 Å². The second kappa shape index (κ2) is 7.37. The van der Waals surface area contributed by atoms with Gasteiger partial charge in [-0.2, -0.15) is 5.10 Å². The number of amides is 1. The highest BCUT2D eigenvalue weighted by molar-refractivity contribution is 5.76. The molecule has 1 fully saturated rings. The van der Waals surface area contributed by atoms with Crippen molar-refractivity contribution < 1.29 is 9.53 Å². The number of nitrogens with zero attached hydrogens (tertiary/aromatic N) is 3. The molecule has 0 aliphatic carbocycles. The SMILES string of the molecule is COCCC(=O)N1CCCCC1c1nc(-c2ccccc2)n[nH]1. The van der Waals surface area contributed by atoms with Gasteiger partial charge in [0.25, 0.3) is 0 Å². The molecule has 1 aromatic carbocycles. The first-order valence-electron chi connectivity index (χ1n) is 8.05. The Morgan fingerprint density at radius 3 is 2.96 bits per heavy atom. The number of hydrogen-bond donors (Lipinski definition) is 1. The number of H-pyrrole nitrogens is 1. The summed E-state index contributed by atoms with van der Waals surface area (Å²) in [4.78, 5) is 18.9. The maximum Gasteiger partial charge on any atom is 0.225 e. The van der Waals surface area contributed by atoms with Crippen LogP contribution in [0.3, 0.4) is 0 Å². The molecule has 6 heteroatoms. The van der Waals surface area contributed by atoms with Crippen LogP contribution in [0.2, 0.25) is 0 Å². The summed E-state index contributed by atoms with van der Waals surface area (Å²) in [5.74, 6) is 1.57. The molecule has 1 aliphatic rings. The van der Waals surface area contributed by atoms with Crippen molar-refractivity contribution in [2.75, 3.05) is 20.3 Å². The summed E-state index contributed by atoms with van der Waals surface area (Å²) in [6, 6.07) is 9.84. The molecule has 1 saturated heterocycles. The third-order valence-corrected chi connectivity index (χ3v) is 4.19. The zero-order valence-electron chi connectivity index (χ0n) is 13.4. The molecule has 0 spiro atoms. The van der Waals surface area contributed by atoms with Crippen LogP contribution in [0.5, 0.6) is 0 Å². The standard InChI is InChI=1S/C17H22N4O2/c1-23-12-10-15(22)21-11-6-5-9-14(21)17-18-16(19-20-17)13-7-3-2-4-8-13/h2-4,7-8,14H,5-6,9-12H2,1H3,(H,18,19,20). The minimum atomic E-state index is -0.0157. The fourth-order valence-corrected chi connectivity index (χ4v) is 2.99. The third kappa shape index (κ3) is 3.59. The highest BCUT2D eigenvalue weighted by Crippen LogP contribution is 2.30. The molecule has 23 heavy (non-hydrogen) atoms. The van der Waals surface area contributed by atoms with Crippen LogP contribution in [0, 0.1) is 0 Å². The van der Waals surface area contributed by atoms with Crippen molar-refractivity contribution in [1.29, 1.82) is 0 Å². The van der Waals surface area contributed by atoms with E-state index in [9.17, 15) is 4.79 Å². The van der Waals surface area contributed by atoms with Gasteiger partial charge in [-0.1, -0.05) is 30.3 Å². The van der Waals surface area contributed by atoms with Gasteiger partial charge in [0.1, 0.15) is 5.82 Å². The summed E-state index contributed by atoms with van der Waals surface area (Å²) in [7, 11) is 1.61. The molecule has 1 N–H and O–H groups in total. The van der Waals surface area contributed by atoms with Gasteiger partial charge in [0.2, 0.25) is 5.91 Å². The number of hydrogen-bond acceptors (Lipinski definition) is 4. The zero-order valence-corrected chi connectivity index (χ0v) is 13.4. The number of aromatic nitrogens is 3. The second-order valence-electron chi connectivity index (χ2n) is 5.75. The number of piperidine rings is 1. The van der Waals surface area contributed by atoms with Crippen molar-refractivity contribution in [1.82, 2.24) is 20.1 Å². The van der Waals surface area contributed by atoms with Crippen LogP contribution >= 0.6 is 0 Å². The van der Waals surface area contributed by atoms with E-state index in [1.54, 1.807) is 7.11 Å². The van der Waals surface area contributed by atoms with E-state index in [0.717, 1.165) is 37.2 Å². The van der Waals surface area contributed by atoms with E-state index in [0.29, 0.717) is 18.9 Å². The molecule has 3 rings (SSSR count). The minimum absolute atomic E-state index is 0.0157. The van der Waals surface area contributed by atoms with E-state index in [1.807, 2.05) is 35.2 Å². The summed E-state index contributed by atoms with van der Waals surface area (Å²) in [6.45, 7) is 1.22. The molecule has 1 aliphatic heterocycles. The molecule has 0 saturated carbocycles. The Morgan fingerprint density at radius 2 is 2.17 bits per heavy atom. The molecule has 122 valence electrons. The second-order valence-corrected chi connectivity index (χ2v) is 5.75. The Bertz CT molecular complexity index is 641. The maximum absolute atomic E-state index is 12.4. The van der Waals surface area contributed by atoms with Crippen molar-refractivity contribution in [3.05, 3.63) is 36.2 Å². The Morgan fingerprint density at radius 1 is 1.35 bits per heavy atom. The Kier molecular flexibility index (Phi) is 5.02. The van der Waals surface area contributed by atoms with Crippen molar-refractivity contribution in [2.45, 2.75) is 31.7 Å². The molecule has 1 atom stereocenters. The summed E-state index contributed by atoms with van der Waals surface area (Å²) in [6.07, 6.45) is 3.46. The molecule has 2 heterocycles. The fraction of sp³-hybridized carbons (Fsp3) is 0.471. The van der Waals surface area contributed by atoms with Crippen LogP contribution in [0.4, 0.5) is 0 Å². The quantitative estimate of drug-likeness (QED) is 0.920. The van der Waals surface area contributed by atoms with Gasteiger partial charge in [-0.15, -0.1) is 0 Å². The van der Waals surface area contributed by atoms with Crippen LogP contribution < -0.4 is 0 Å². The smallest absolute Gasteiger partial charge is 0.225 e. The van der Waals surface area contributed by atoms with Crippen molar-refractivity contribution in [3.8, 4) is 11.4 Å². The number of benzene rings is 1. The van der Waals surface area contributed by atoms with Gasteiger partial charge in [0.15, 0.2) is 5.82 Å². The predicted octanol–water partition coefficient (Wildman–Crippen LogP) is 2.56. The van der Waals surface area contributed by atoms with E-state index >= 15 is 0 Å². The van der Waals surface area contributed by atoms with E-state index in [4.69, 9.17) is 4.74 Å². The maximum atomic E-state index is 12.4. The van der Waals surface area contributed by atoms with Gasteiger partial charge < -0.3 is 9.64 Å². The molecule has 0 bridgehead atoms. The molecule has 6 nitrogen and oxygen atoms in total. The first kappa shape index (κ1) is 15.7. The summed E-state index contributed by atoms with van der Waals surface area (Å²) >= 11 is 0. The third-order valence-electron chi connectivity index (χ3n) is 4.19. The highest BCUT2D eigenvalue weighted by atomic mass is 16.5. The van der Waals surface area contributed by atoms with Crippen molar-refractivity contribution in [3.63, 3.8) is 0 Å². The molecular weight excluding hydrogens is 292 g/mol. The number of nitrogens with one attached hydrogen (secondary N) is 1. The van der Waals surface area contributed by atoms with Gasteiger partial charge in [-0.25, -0.2) is 4.98 Å². The lowest BCUT2D eigenvalue weighted by Gasteiger charge is -2.34. The van der Waals surface area contributed by atoms with E-state index in [-0.39, 0.29) is 11.9 Å². The van der Waals surface area contributed by atoms with Crippen LogP contribution in [-0.4, -0.2) is 46.2 Å². The highest BCUT2D eigenvalue weighted by Gasteiger charge is 2.30. The number of likely N-dealkylation sites (tertiary alicyclic amines) is 1. The first-order valence-corrected chi connectivity index (χ1v) is 8.05. The van der Waals surface area contributed by atoms with Crippen molar-refractivity contribution in [2.24, 2.45) is 0 Å². The molecular formula is C17H22N4O2. The average Bonchev–Trinajstić information content (AvgIpc) is 3.10.